The SMILES string of the molecule is O=C(NCCCCc1cccnc1)C1CC1(c1cccc(C(F)(F)F)c1)c1cccc(C(F)(F)F)c1. The Bertz CT molecular complexity index is 1150. The van der Waals surface area contributed by atoms with Crippen LogP contribution in [0.25, 0.3) is 0 Å². The van der Waals surface area contributed by atoms with E-state index in [9.17, 15) is 31.1 Å². The summed E-state index contributed by atoms with van der Waals surface area (Å²) in [5, 5.41) is 2.82. The number of alkyl halides is 6. The van der Waals surface area contributed by atoms with E-state index in [2.05, 4.69) is 10.3 Å². The van der Waals surface area contributed by atoms with E-state index >= 15 is 0 Å². The van der Waals surface area contributed by atoms with Gasteiger partial charge < -0.3 is 5.32 Å². The summed E-state index contributed by atoms with van der Waals surface area (Å²) >= 11 is 0. The second kappa shape index (κ2) is 9.95. The molecule has 0 spiro atoms. The van der Waals surface area contributed by atoms with Crippen molar-refractivity contribution in [2.24, 2.45) is 5.92 Å². The third kappa shape index (κ3) is 5.55. The number of unbranched alkanes of at least 4 members (excludes halogenated alkanes) is 1. The molecule has 3 aromatic rings. The summed E-state index contributed by atoms with van der Waals surface area (Å²) in [7, 11) is 0. The first kappa shape index (κ1) is 25.7. The van der Waals surface area contributed by atoms with Crippen molar-refractivity contribution >= 4 is 5.91 Å². The lowest BCUT2D eigenvalue weighted by atomic mass is 9.84. The Hall–Kier alpha value is -3.36. The standard InChI is InChI=1S/C27H24F6N2O/c28-26(29,30)21-10-3-8-19(14-21)25(20-9-4-11-22(15-20)27(31,32)33)16-23(25)24(36)35-13-2-1-6-18-7-5-12-34-17-18/h3-5,7-12,14-15,17,23H,1-2,6,13,16H2,(H,35,36). The molecule has 1 fully saturated rings. The van der Waals surface area contributed by atoms with Crippen LogP contribution < -0.4 is 5.32 Å². The summed E-state index contributed by atoms with van der Waals surface area (Å²) in [6.45, 7) is 0.358. The van der Waals surface area contributed by atoms with E-state index in [1.807, 2.05) is 12.1 Å². The zero-order chi connectivity index (χ0) is 26.0. The van der Waals surface area contributed by atoms with Gasteiger partial charge in [-0.05, 0) is 60.6 Å². The van der Waals surface area contributed by atoms with Crippen LogP contribution in [0.5, 0.6) is 0 Å². The Kier molecular flexibility index (Phi) is 7.11. The molecule has 2 aromatic carbocycles. The first-order chi connectivity index (χ1) is 17.0. The van der Waals surface area contributed by atoms with Gasteiger partial charge in [0.2, 0.25) is 5.91 Å². The highest BCUT2D eigenvalue weighted by Gasteiger charge is 2.60. The zero-order valence-electron chi connectivity index (χ0n) is 19.2. The second-order valence-corrected chi connectivity index (χ2v) is 8.99. The number of hydrogen-bond acceptors (Lipinski definition) is 2. The quantitative estimate of drug-likeness (QED) is 0.278. The molecule has 36 heavy (non-hydrogen) atoms. The molecule has 9 heteroatoms. The Morgan fingerprint density at radius 2 is 1.50 bits per heavy atom. The van der Waals surface area contributed by atoms with Crippen LogP contribution in [0.15, 0.2) is 73.1 Å². The summed E-state index contributed by atoms with van der Waals surface area (Å²) in [6, 6.07) is 12.8. The minimum absolute atomic E-state index is 0.122. The summed E-state index contributed by atoms with van der Waals surface area (Å²) in [6.07, 6.45) is -3.42. The van der Waals surface area contributed by atoms with Gasteiger partial charge in [0.25, 0.3) is 0 Å². The molecule has 3 nitrogen and oxygen atoms in total. The first-order valence-electron chi connectivity index (χ1n) is 11.5. The largest absolute Gasteiger partial charge is 0.416 e. The number of nitrogens with one attached hydrogen (secondary N) is 1. The van der Waals surface area contributed by atoms with Crippen LogP contribution in [0.2, 0.25) is 0 Å². The van der Waals surface area contributed by atoms with Crippen LogP contribution in [-0.2, 0) is 29.0 Å². The predicted octanol–water partition coefficient (Wildman–Crippen LogP) is 6.56. The third-order valence-corrected chi connectivity index (χ3v) is 6.60. The van der Waals surface area contributed by atoms with Crippen molar-refractivity contribution in [3.05, 3.63) is 101 Å². The molecule has 1 aromatic heterocycles. The van der Waals surface area contributed by atoms with Crippen LogP contribution in [-0.4, -0.2) is 17.4 Å². The molecule has 1 amide bonds. The number of halogens is 6. The maximum Gasteiger partial charge on any atom is 0.416 e. The van der Waals surface area contributed by atoms with Gasteiger partial charge in [0.15, 0.2) is 0 Å². The van der Waals surface area contributed by atoms with Gasteiger partial charge in [-0.1, -0.05) is 42.5 Å². The average molecular weight is 506 g/mol. The summed E-state index contributed by atoms with van der Waals surface area (Å²) in [4.78, 5) is 17.0. The van der Waals surface area contributed by atoms with Crippen LogP contribution in [0.4, 0.5) is 26.3 Å². The molecule has 1 aliphatic rings. The maximum absolute atomic E-state index is 13.4. The van der Waals surface area contributed by atoms with Crippen LogP contribution in [0, 0.1) is 5.92 Å². The van der Waals surface area contributed by atoms with Crippen molar-refractivity contribution < 1.29 is 31.1 Å². The van der Waals surface area contributed by atoms with E-state index in [1.165, 1.54) is 24.3 Å². The Morgan fingerprint density at radius 1 is 0.889 bits per heavy atom. The Morgan fingerprint density at radius 3 is 2.03 bits per heavy atom. The van der Waals surface area contributed by atoms with E-state index in [0.29, 0.717) is 13.0 Å². The van der Waals surface area contributed by atoms with Gasteiger partial charge in [0.1, 0.15) is 0 Å². The molecule has 0 radical (unpaired) electrons. The molecule has 1 atom stereocenters. The molecule has 4 rings (SSSR count). The van der Waals surface area contributed by atoms with E-state index < -0.39 is 34.8 Å². The normalized spacial score (nSPS) is 17.0. The lowest BCUT2D eigenvalue weighted by Gasteiger charge is -2.21. The molecule has 0 aliphatic heterocycles. The number of carbonyl (C=O) groups excluding carboxylic acids is 1. The van der Waals surface area contributed by atoms with Crippen molar-refractivity contribution in [1.82, 2.24) is 10.3 Å². The Labute approximate surface area is 204 Å². The molecule has 0 saturated heterocycles. The average Bonchev–Trinajstić information content (AvgIpc) is 3.61. The van der Waals surface area contributed by atoms with Gasteiger partial charge in [0.05, 0.1) is 17.0 Å². The molecule has 1 aliphatic carbocycles. The van der Waals surface area contributed by atoms with E-state index in [0.717, 1.165) is 42.7 Å². The topological polar surface area (TPSA) is 42.0 Å². The smallest absolute Gasteiger partial charge is 0.356 e. The molecule has 1 heterocycles. The van der Waals surface area contributed by atoms with Gasteiger partial charge in [-0.15, -0.1) is 0 Å². The van der Waals surface area contributed by atoms with E-state index in [1.54, 1.807) is 12.4 Å². The van der Waals surface area contributed by atoms with Gasteiger partial charge in [-0.3, -0.25) is 9.78 Å². The highest BCUT2D eigenvalue weighted by Crippen LogP contribution is 2.59. The number of nitrogens with zero attached hydrogens (tertiary/aromatic N) is 1. The van der Waals surface area contributed by atoms with Crippen molar-refractivity contribution in [2.45, 2.75) is 43.5 Å². The number of amides is 1. The molecule has 0 bridgehead atoms. The number of aryl methyl sites for hydroxylation is 1. The van der Waals surface area contributed by atoms with Crippen LogP contribution in [0.1, 0.15) is 47.1 Å². The number of hydrogen-bond donors (Lipinski definition) is 1. The monoisotopic (exact) mass is 506 g/mol. The number of pyridine rings is 1. The molecule has 190 valence electrons. The van der Waals surface area contributed by atoms with E-state index in [-0.39, 0.29) is 23.5 Å². The fourth-order valence-electron chi connectivity index (χ4n) is 4.67. The fraction of sp³-hybridized carbons (Fsp3) is 0.333. The molecule has 1 unspecified atom stereocenters. The van der Waals surface area contributed by atoms with Crippen molar-refractivity contribution in [1.29, 1.82) is 0 Å². The van der Waals surface area contributed by atoms with E-state index in [4.69, 9.17) is 0 Å². The molecule has 1 saturated carbocycles. The number of aromatic nitrogens is 1. The lowest BCUT2D eigenvalue weighted by Crippen LogP contribution is -2.30. The maximum atomic E-state index is 13.4. The van der Waals surface area contributed by atoms with Crippen LogP contribution >= 0.6 is 0 Å². The first-order valence-corrected chi connectivity index (χ1v) is 11.5. The van der Waals surface area contributed by atoms with Crippen LogP contribution in [0.3, 0.4) is 0 Å². The van der Waals surface area contributed by atoms with Crippen molar-refractivity contribution in [3.8, 4) is 0 Å². The highest BCUT2D eigenvalue weighted by atomic mass is 19.4. The minimum Gasteiger partial charge on any atom is -0.356 e. The summed E-state index contributed by atoms with van der Waals surface area (Å²) in [5.74, 6) is -1.16. The zero-order valence-corrected chi connectivity index (χ0v) is 19.2. The number of carbonyl (C=O) groups is 1. The molecule has 1 N–H and O–H groups in total. The minimum atomic E-state index is -4.62. The van der Waals surface area contributed by atoms with Gasteiger partial charge in [-0.2, -0.15) is 26.3 Å². The van der Waals surface area contributed by atoms with Gasteiger partial charge in [-0.25, -0.2) is 0 Å². The number of rotatable bonds is 8. The molecular formula is C27H24F6N2O. The fourth-order valence-corrected chi connectivity index (χ4v) is 4.67. The van der Waals surface area contributed by atoms with Crippen molar-refractivity contribution in [2.75, 3.05) is 6.54 Å². The summed E-state index contributed by atoms with van der Waals surface area (Å²) < 4.78 is 80.3. The van der Waals surface area contributed by atoms with Gasteiger partial charge in [0, 0.05) is 24.4 Å². The molecular weight excluding hydrogens is 482 g/mol. The van der Waals surface area contributed by atoms with Gasteiger partial charge >= 0.3 is 12.4 Å². The predicted molar refractivity (Wildman–Crippen MR) is 122 cm³/mol. The lowest BCUT2D eigenvalue weighted by molar-refractivity contribution is -0.138. The number of benzene rings is 2. The third-order valence-electron chi connectivity index (χ3n) is 6.60. The van der Waals surface area contributed by atoms with Crippen molar-refractivity contribution in [3.63, 3.8) is 0 Å². The summed E-state index contributed by atoms with van der Waals surface area (Å²) in [5.41, 5.74) is -1.66. The highest BCUT2D eigenvalue weighted by molar-refractivity contribution is 5.86. The Balaban J connectivity index is 1.53. The second-order valence-electron chi connectivity index (χ2n) is 8.99.